The third-order valence-electron chi connectivity index (χ3n) is 3.22. The predicted molar refractivity (Wildman–Crippen MR) is 77.0 cm³/mol. The van der Waals surface area contributed by atoms with Crippen LogP contribution in [0.5, 0.6) is 0 Å². The highest BCUT2D eigenvalue weighted by atomic mass is 16.4. The Hall–Kier alpha value is -2.17. The number of carbonyl (C=O) groups is 1. The average Bonchev–Trinajstić information content (AvgIpc) is 2.41. The monoisotopic (exact) mass is 274 g/mol. The molecule has 0 spiro atoms. The molecule has 5 nitrogen and oxygen atoms in total. The van der Waals surface area contributed by atoms with Gasteiger partial charge in [-0.2, -0.15) is 5.10 Å². The third kappa shape index (κ3) is 2.87. The maximum Gasteiger partial charge on any atom is 0.357 e. The van der Waals surface area contributed by atoms with Crippen molar-refractivity contribution in [1.82, 2.24) is 9.78 Å². The van der Waals surface area contributed by atoms with Crippen molar-refractivity contribution in [2.45, 2.75) is 33.2 Å². The molecule has 0 saturated heterocycles. The molecular formula is C15H18N2O3. The van der Waals surface area contributed by atoms with Crippen LogP contribution < -0.4 is 5.56 Å². The summed E-state index contributed by atoms with van der Waals surface area (Å²) in [4.78, 5) is 23.6. The maximum absolute atomic E-state index is 12.3. The van der Waals surface area contributed by atoms with E-state index in [0.29, 0.717) is 23.2 Å². The first-order valence-electron chi connectivity index (χ1n) is 6.74. The van der Waals surface area contributed by atoms with Gasteiger partial charge in [0, 0.05) is 11.9 Å². The van der Waals surface area contributed by atoms with Gasteiger partial charge in [-0.25, -0.2) is 9.48 Å². The van der Waals surface area contributed by atoms with E-state index in [2.05, 4.69) is 18.9 Å². The lowest BCUT2D eigenvalue weighted by Gasteiger charge is -2.09. The molecular weight excluding hydrogens is 256 g/mol. The molecule has 106 valence electrons. The smallest absolute Gasteiger partial charge is 0.357 e. The number of aromatic carboxylic acids is 1. The Balaban J connectivity index is 2.48. The molecule has 0 bridgehead atoms. The zero-order chi connectivity index (χ0) is 14.7. The molecule has 5 heteroatoms. The van der Waals surface area contributed by atoms with Gasteiger partial charge in [0.05, 0.1) is 5.39 Å². The fraction of sp³-hybridized carbons (Fsp3) is 0.400. The summed E-state index contributed by atoms with van der Waals surface area (Å²) in [7, 11) is 0. The van der Waals surface area contributed by atoms with Gasteiger partial charge in [-0.05, 0) is 24.8 Å². The number of carboxylic acids is 1. The number of benzene rings is 1. The number of fused-ring (bicyclic) bond motifs is 1. The fourth-order valence-corrected chi connectivity index (χ4v) is 2.19. The van der Waals surface area contributed by atoms with Gasteiger partial charge < -0.3 is 5.11 Å². The molecule has 0 radical (unpaired) electrons. The van der Waals surface area contributed by atoms with Crippen molar-refractivity contribution in [2.75, 3.05) is 0 Å². The van der Waals surface area contributed by atoms with Crippen LogP contribution in [-0.2, 0) is 6.54 Å². The van der Waals surface area contributed by atoms with Gasteiger partial charge in [-0.15, -0.1) is 0 Å². The van der Waals surface area contributed by atoms with Crippen LogP contribution in [0.4, 0.5) is 0 Å². The van der Waals surface area contributed by atoms with Crippen molar-refractivity contribution in [3.63, 3.8) is 0 Å². The van der Waals surface area contributed by atoms with E-state index in [1.807, 2.05) is 0 Å². The number of hydrogen-bond donors (Lipinski definition) is 1. The van der Waals surface area contributed by atoms with Crippen molar-refractivity contribution in [3.05, 3.63) is 40.3 Å². The average molecular weight is 274 g/mol. The van der Waals surface area contributed by atoms with E-state index >= 15 is 0 Å². The van der Waals surface area contributed by atoms with Gasteiger partial charge in [-0.3, -0.25) is 4.79 Å². The Morgan fingerprint density at radius 1 is 1.30 bits per heavy atom. The molecule has 0 fully saturated rings. The summed E-state index contributed by atoms with van der Waals surface area (Å²) in [5.74, 6) is -0.566. The number of aryl methyl sites for hydroxylation is 1. The summed E-state index contributed by atoms with van der Waals surface area (Å²) in [5, 5.41) is 14.0. The highest BCUT2D eigenvalue weighted by Gasteiger charge is 2.15. The number of carboxylic acid groups (broad SMARTS) is 1. The lowest BCUT2D eigenvalue weighted by atomic mass is 10.1. The fourth-order valence-electron chi connectivity index (χ4n) is 2.19. The number of rotatable bonds is 5. The molecule has 0 aliphatic rings. The molecule has 2 rings (SSSR count). The van der Waals surface area contributed by atoms with E-state index in [1.165, 1.54) is 4.68 Å². The summed E-state index contributed by atoms with van der Waals surface area (Å²) in [6.07, 6.45) is 1.78. The van der Waals surface area contributed by atoms with Crippen LogP contribution in [-0.4, -0.2) is 20.9 Å². The van der Waals surface area contributed by atoms with E-state index in [0.717, 1.165) is 12.8 Å². The molecule has 1 aromatic carbocycles. The molecule has 0 unspecified atom stereocenters. The zero-order valence-electron chi connectivity index (χ0n) is 11.7. The van der Waals surface area contributed by atoms with Gasteiger partial charge >= 0.3 is 5.97 Å². The minimum Gasteiger partial charge on any atom is -0.476 e. The van der Waals surface area contributed by atoms with Gasteiger partial charge in [0.1, 0.15) is 0 Å². The molecule has 0 aliphatic carbocycles. The summed E-state index contributed by atoms with van der Waals surface area (Å²) < 4.78 is 1.27. The Bertz CT molecular complexity index is 689. The minimum atomic E-state index is -1.11. The lowest BCUT2D eigenvalue weighted by molar-refractivity contribution is 0.0690. The second-order valence-corrected chi connectivity index (χ2v) is 5.26. The number of hydrogen-bond acceptors (Lipinski definition) is 3. The predicted octanol–water partition coefficient (Wildman–Crippen LogP) is 2.53. The van der Waals surface area contributed by atoms with E-state index in [1.54, 1.807) is 24.3 Å². The van der Waals surface area contributed by atoms with Gasteiger partial charge in [0.25, 0.3) is 5.56 Å². The summed E-state index contributed by atoms with van der Waals surface area (Å²) in [5.41, 5.74) is -0.292. The van der Waals surface area contributed by atoms with Crippen molar-refractivity contribution < 1.29 is 9.90 Å². The lowest BCUT2D eigenvalue weighted by Crippen LogP contribution is -2.26. The number of nitrogens with zero attached hydrogens (tertiary/aromatic N) is 2. The van der Waals surface area contributed by atoms with Crippen molar-refractivity contribution in [2.24, 2.45) is 5.92 Å². The van der Waals surface area contributed by atoms with Crippen molar-refractivity contribution in [3.8, 4) is 0 Å². The van der Waals surface area contributed by atoms with Crippen molar-refractivity contribution >= 4 is 16.7 Å². The Morgan fingerprint density at radius 3 is 2.55 bits per heavy atom. The minimum absolute atomic E-state index is 0.0650. The van der Waals surface area contributed by atoms with Crippen LogP contribution >= 0.6 is 0 Å². The highest BCUT2D eigenvalue weighted by molar-refractivity contribution is 6.01. The number of aromatic nitrogens is 2. The van der Waals surface area contributed by atoms with Crippen molar-refractivity contribution in [1.29, 1.82) is 0 Å². The van der Waals surface area contributed by atoms with Crippen LogP contribution in [0.3, 0.4) is 0 Å². The standard InChI is InChI=1S/C15H18N2O3/c1-10(2)6-5-9-17-14(18)12-8-4-3-7-11(12)13(16-17)15(19)20/h3-4,7-8,10H,5-6,9H2,1-2H3,(H,19,20). The molecule has 0 amide bonds. The molecule has 1 N–H and O–H groups in total. The topological polar surface area (TPSA) is 72.2 Å². The van der Waals surface area contributed by atoms with E-state index in [-0.39, 0.29) is 11.3 Å². The third-order valence-corrected chi connectivity index (χ3v) is 3.22. The molecule has 0 saturated carbocycles. The van der Waals surface area contributed by atoms with E-state index in [4.69, 9.17) is 0 Å². The Labute approximate surface area is 116 Å². The van der Waals surface area contributed by atoms with Crippen LogP contribution in [0.25, 0.3) is 10.8 Å². The summed E-state index contributed by atoms with van der Waals surface area (Å²) >= 11 is 0. The van der Waals surface area contributed by atoms with Gasteiger partial charge in [0.2, 0.25) is 0 Å². The first kappa shape index (κ1) is 14.2. The summed E-state index contributed by atoms with van der Waals surface area (Å²) in [6.45, 7) is 4.67. The van der Waals surface area contributed by atoms with E-state index in [9.17, 15) is 14.7 Å². The highest BCUT2D eigenvalue weighted by Crippen LogP contribution is 2.13. The molecule has 1 heterocycles. The van der Waals surface area contributed by atoms with Crippen LogP contribution in [0.1, 0.15) is 37.2 Å². The normalized spacial score (nSPS) is 11.2. The van der Waals surface area contributed by atoms with Crippen LogP contribution in [0.15, 0.2) is 29.1 Å². The maximum atomic E-state index is 12.3. The second-order valence-electron chi connectivity index (χ2n) is 5.26. The Kier molecular flexibility index (Phi) is 4.17. The first-order valence-corrected chi connectivity index (χ1v) is 6.74. The largest absolute Gasteiger partial charge is 0.476 e. The molecule has 20 heavy (non-hydrogen) atoms. The molecule has 0 atom stereocenters. The van der Waals surface area contributed by atoms with Crippen LogP contribution in [0, 0.1) is 5.92 Å². The SMILES string of the molecule is CC(C)CCCn1nc(C(=O)O)c2ccccc2c1=O. The molecule has 2 aromatic rings. The van der Waals surface area contributed by atoms with Gasteiger partial charge in [-0.1, -0.05) is 32.0 Å². The summed E-state index contributed by atoms with van der Waals surface area (Å²) in [6, 6.07) is 6.70. The molecule has 1 aromatic heterocycles. The molecule has 0 aliphatic heterocycles. The van der Waals surface area contributed by atoms with E-state index < -0.39 is 5.97 Å². The Morgan fingerprint density at radius 2 is 1.95 bits per heavy atom. The quantitative estimate of drug-likeness (QED) is 0.909. The second kappa shape index (κ2) is 5.86. The van der Waals surface area contributed by atoms with Crippen LogP contribution in [0.2, 0.25) is 0 Å². The first-order chi connectivity index (χ1) is 9.50. The zero-order valence-corrected chi connectivity index (χ0v) is 11.7. The van der Waals surface area contributed by atoms with Gasteiger partial charge in [0.15, 0.2) is 5.69 Å².